The summed E-state index contributed by atoms with van der Waals surface area (Å²) in [5.41, 5.74) is 0. The van der Waals surface area contributed by atoms with Crippen LogP contribution in [0.15, 0.2) is 0 Å². The van der Waals surface area contributed by atoms with Crippen LogP contribution in [0.5, 0.6) is 0 Å². The van der Waals surface area contributed by atoms with Gasteiger partial charge in [-0.1, -0.05) is 6.92 Å². The fraction of sp³-hybridized carbons (Fsp3) is 0.750. The van der Waals surface area contributed by atoms with E-state index in [0.29, 0.717) is 24.6 Å². The van der Waals surface area contributed by atoms with E-state index in [4.69, 9.17) is 0 Å². The predicted octanol–water partition coefficient (Wildman–Crippen LogP) is 0.833. The normalized spacial score (nSPS) is 12.1. The van der Waals surface area contributed by atoms with Gasteiger partial charge < -0.3 is 10.1 Å². The maximum Gasteiger partial charge on any atom is 0.207 e. The number of hydrogen-bond acceptors (Lipinski definition) is 3. The van der Waals surface area contributed by atoms with Gasteiger partial charge in [-0.25, -0.2) is 0 Å². The van der Waals surface area contributed by atoms with E-state index < -0.39 is 0 Å². The Kier molecular flexibility index (Phi) is 8.22. The van der Waals surface area contributed by atoms with Gasteiger partial charge in [-0.05, 0) is 6.42 Å². The second-order valence-electron chi connectivity index (χ2n) is 2.38. The molecule has 0 aliphatic carbocycles. The third-order valence-electron chi connectivity index (χ3n) is 1.50. The second-order valence-corrected chi connectivity index (χ2v) is 3.78. The van der Waals surface area contributed by atoms with E-state index in [0.717, 1.165) is 18.5 Å². The van der Waals surface area contributed by atoms with Crippen molar-refractivity contribution in [3.05, 3.63) is 0 Å². The number of aldehydes is 1. The molecular formula is C8H15NO2S. The lowest BCUT2D eigenvalue weighted by Crippen LogP contribution is -2.16. The zero-order valence-electron chi connectivity index (χ0n) is 7.29. The Morgan fingerprint density at radius 1 is 1.50 bits per heavy atom. The monoisotopic (exact) mass is 189 g/mol. The second kappa shape index (κ2) is 8.59. The van der Waals surface area contributed by atoms with Gasteiger partial charge in [0, 0.05) is 24.0 Å². The molecule has 3 nitrogen and oxygen atoms in total. The van der Waals surface area contributed by atoms with E-state index in [-0.39, 0.29) is 0 Å². The van der Waals surface area contributed by atoms with Gasteiger partial charge in [0.25, 0.3) is 0 Å². The molecule has 0 rings (SSSR count). The summed E-state index contributed by atoms with van der Waals surface area (Å²) < 4.78 is 0. The largest absolute Gasteiger partial charge is 0.358 e. The SMILES string of the molecule is CCC(CC=O)SCCNC=O. The predicted molar refractivity (Wildman–Crippen MR) is 51.3 cm³/mol. The zero-order chi connectivity index (χ0) is 9.23. The summed E-state index contributed by atoms with van der Waals surface area (Å²) in [5.74, 6) is 0.880. The number of thioether (sulfide) groups is 1. The number of amides is 1. The smallest absolute Gasteiger partial charge is 0.207 e. The Bertz CT molecular complexity index is 130. The van der Waals surface area contributed by atoms with Crippen molar-refractivity contribution in [3.8, 4) is 0 Å². The van der Waals surface area contributed by atoms with Crippen LogP contribution < -0.4 is 5.32 Å². The van der Waals surface area contributed by atoms with Crippen molar-refractivity contribution in [1.29, 1.82) is 0 Å². The topological polar surface area (TPSA) is 46.2 Å². The minimum atomic E-state index is 0.413. The van der Waals surface area contributed by atoms with E-state index >= 15 is 0 Å². The molecule has 0 aromatic carbocycles. The first-order valence-electron chi connectivity index (χ1n) is 4.07. The Balaban J connectivity index is 3.30. The average Bonchev–Trinajstić information content (AvgIpc) is 2.10. The average molecular weight is 189 g/mol. The van der Waals surface area contributed by atoms with Crippen molar-refractivity contribution in [3.63, 3.8) is 0 Å². The van der Waals surface area contributed by atoms with Gasteiger partial charge in [-0.15, -0.1) is 0 Å². The fourth-order valence-corrected chi connectivity index (χ4v) is 1.82. The van der Waals surface area contributed by atoms with E-state index in [1.807, 2.05) is 0 Å². The Labute approximate surface area is 77.3 Å². The highest BCUT2D eigenvalue weighted by atomic mass is 32.2. The van der Waals surface area contributed by atoms with E-state index in [1.165, 1.54) is 0 Å². The fourth-order valence-electron chi connectivity index (χ4n) is 0.803. The van der Waals surface area contributed by atoms with Crippen LogP contribution in [0.1, 0.15) is 19.8 Å². The van der Waals surface area contributed by atoms with Crippen LogP contribution in [0.4, 0.5) is 0 Å². The van der Waals surface area contributed by atoms with E-state index in [9.17, 15) is 9.59 Å². The van der Waals surface area contributed by atoms with Crippen LogP contribution >= 0.6 is 11.8 Å². The van der Waals surface area contributed by atoms with Crippen LogP contribution in [0.25, 0.3) is 0 Å². The summed E-state index contributed by atoms with van der Waals surface area (Å²) in [6.45, 7) is 2.75. The molecule has 0 aromatic heterocycles. The van der Waals surface area contributed by atoms with Crippen LogP contribution in [-0.2, 0) is 9.59 Å². The van der Waals surface area contributed by atoms with Crippen LogP contribution in [0, 0.1) is 0 Å². The lowest BCUT2D eigenvalue weighted by Gasteiger charge is -2.09. The highest BCUT2D eigenvalue weighted by Crippen LogP contribution is 2.15. The van der Waals surface area contributed by atoms with Crippen LogP contribution in [0.2, 0.25) is 0 Å². The van der Waals surface area contributed by atoms with Gasteiger partial charge >= 0.3 is 0 Å². The molecular weight excluding hydrogens is 174 g/mol. The molecule has 0 radical (unpaired) electrons. The van der Waals surface area contributed by atoms with Crippen molar-refractivity contribution < 1.29 is 9.59 Å². The maximum atomic E-state index is 10.2. The first kappa shape index (κ1) is 11.5. The third kappa shape index (κ3) is 6.22. The number of nitrogens with one attached hydrogen (secondary N) is 1. The first-order valence-corrected chi connectivity index (χ1v) is 5.12. The Morgan fingerprint density at radius 3 is 2.75 bits per heavy atom. The molecule has 1 N–H and O–H groups in total. The lowest BCUT2D eigenvalue weighted by molar-refractivity contribution is -0.109. The van der Waals surface area contributed by atoms with Gasteiger partial charge in [0.2, 0.25) is 6.41 Å². The summed E-state index contributed by atoms with van der Waals surface area (Å²) >= 11 is 1.73. The third-order valence-corrected chi connectivity index (χ3v) is 2.93. The number of rotatable bonds is 8. The first-order chi connectivity index (χ1) is 5.85. The molecule has 12 heavy (non-hydrogen) atoms. The summed E-state index contributed by atoms with van der Waals surface area (Å²) in [4.78, 5) is 20.0. The molecule has 0 saturated heterocycles. The van der Waals surface area contributed by atoms with Crippen LogP contribution in [-0.4, -0.2) is 30.2 Å². The Hall–Kier alpha value is -0.510. The molecule has 0 saturated carbocycles. The van der Waals surface area contributed by atoms with Gasteiger partial charge in [0.05, 0.1) is 0 Å². The summed E-state index contributed by atoms with van der Waals surface area (Å²) in [6.07, 6.45) is 3.27. The molecule has 1 unspecified atom stereocenters. The summed E-state index contributed by atoms with van der Waals surface area (Å²) in [6, 6.07) is 0. The standard InChI is InChI=1S/C8H15NO2S/c1-2-8(3-5-10)12-6-4-9-7-11/h5,7-8H,2-4,6H2,1H3,(H,9,11). The van der Waals surface area contributed by atoms with Gasteiger partial charge in [0.1, 0.15) is 6.29 Å². The van der Waals surface area contributed by atoms with E-state index in [2.05, 4.69) is 12.2 Å². The molecule has 1 atom stereocenters. The van der Waals surface area contributed by atoms with Crippen molar-refractivity contribution in [2.45, 2.75) is 25.0 Å². The Morgan fingerprint density at radius 2 is 2.25 bits per heavy atom. The molecule has 0 bridgehead atoms. The number of carbonyl (C=O) groups excluding carboxylic acids is 2. The number of carbonyl (C=O) groups is 2. The molecule has 4 heteroatoms. The van der Waals surface area contributed by atoms with Crippen molar-refractivity contribution >= 4 is 24.5 Å². The van der Waals surface area contributed by atoms with E-state index in [1.54, 1.807) is 11.8 Å². The van der Waals surface area contributed by atoms with Gasteiger partial charge in [-0.2, -0.15) is 11.8 Å². The zero-order valence-corrected chi connectivity index (χ0v) is 8.10. The van der Waals surface area contributed by atoms with Crippen molar-refractivity contribution in [2.75, 3.05) is 12.3 Å². The molecule has 1 amide bonds. The molecule has 70 valence electrons. The molecule has 0 fully saturated rings. The molecule has 0 aliphatic rings. The van der Waals surface area contributed by atoms with Crippen LogP contribution in [0.3, 0.4) is 0 Å². The molecule has 0 heterocycles. The summed E-state index contributed by atoms with van der Waals surface area (Å²) in [7, 11) is 0. The molecule has 0 spiro atoms. The van der Waals surface area contributed by atoms with Gasteiger partial charge in [-0.3, -0.25) is 4.79 Å². The van der Waals surface area contributed by atoms with Crippen molar-refractivity contribution in [1.82, 2.24) is 5.32 Å². The minimum absolute atomic E-state index is 0.413. The van der Waals surface area contributed by atoms with Crippen molar-refractivity contribution in [2.24, 2.45) is 0 Å². The molecule has 0 aliphatic heterocycles. The molecule has 0 aromatic rings. The summed E-state index contributed by atoms with van der Waals surface area (Å²) in [5, 5.41) is 2.99. The maximum absolute atomic E-state index is 10.2. The number of hydrogen-bond donors (Lipinski definition) is 1. The lowest BCUT2D eigenvalue weighted by atomic mass is 10.3. The highest BCUT2D eigenvalue weighted by molar-refractivity contribution is 7.99. The van der Waals surface area contributed by atoms with Gasteiger partial charge in [0.15, 0.2) is 0 Å². The highest BCUT2D eigenvalue weighted by Gasteiger charge is 2.04. The minimum Gasteiger partial charge on any atom is -0.358 e. The quantitative estimate of drug-likeness (QED) is 0.454.